The minimum absolute atomic E-state index is 0.0212. The van der Waals surface area contributed by atoms with Crippen LogP contribution in [0, 0.1) is 0 Å². The van der Waals surface area contributed by atoms with E-state index in [9.17, 15) is 14.7 Å². The van der Waals surface area contributed by atoms with Crippen LogP contribution in [0.25, 0.3) is 0 Å². The molecule has 1 aromatic heterocycles. The van der Waals surface area contributed by atoms with Crippen molar-refractivity contribution in [2.24, 2.45) is 0 Å². The Kier molecular flexibility index (Phi) is 8.60. The van der Waals surface area contributed by atoms with E-state index in [2.05, 4.69) is 0 Å². The van der Waals surface area contributed by atoms with E-state index < -0.39 is 12.1 Å². The molecule has 0 bridgehead atoms. The van der Waals surface area contributed by atoms with Gasteiger partial charge in [0.25, 0.3) is 0 Å². The first-order chi connectivity index (χ1) is 15.0. The number of amides is 1. The first-order valence-electron chi connectivity index (χ1n) is 10.6. The largest absolute Gasteiger partial charge is 0.459 e. The lowest BCUT2D eigenvalue weighted by Crippen LogP contribution is -2.36. The Bertz CT molecular complexity index is 865. The van der Waals surface area contributed by atoms with Crippen LogP contribution in [-0.4, -0.2) is 48.0 Å². The fourth-order valence-electron chi connectivity index (χ4n) is 3.62. The normalized spacial score (nSPS) is 17.2. The number of aliphatic hydroxyl groups is 2. The van der Waals surface area contributed by atoms with Crippen LogP contribution in [-0.2, 0) is 20.9 Å². The number of ether oxygens (including phenoxy) is 2. The summed E-state index contributed by atoms with van der Waals surface area (Å²) in [7, 11) is 0. The third-order valence-electron chi connectivity index (χ3n) is 5.19. The molecule has 1 aliphatic rings. The molecule has 1 aliphatic heterocycles. The summed E-state index contributed by atoms with van der Waals surface area (Å²) in [6.07, 6.45) is 2.34. The van der Waals surface area contributed by atoms with Crippen molar-refractivity contribution >= 4 is 28.9 Å². The van der Waals surface area contributed by atoms with Crippen LogP contribution >= 0.6 is 11.3 Å². The highest BCUT2D eigenvalue weighted by molar-refractivity contribution is 7.13. The van der Waals surface area contributed by atoms with Gasteiger partial charge in [0, 0.05) is 17.0 Å². The maximum Gasteiger partial charge on any atom is 0.348 e. The first-order valence-corrected chi connectivity index (χ1v) is 11.4. The summed E-state index contributed by atoms with van der Waals surface area (Å²) < 4.78 is 10.8. The Labute approximate surface area is 186 Å². The summed E-state index contributed by atoms with van der Waals surface area (Å²) in [6, 6.07) is 11.0. The van der Waals surface area contributed by atoms with Gasteiger partial charge in [0.2, 0.25) is 5.91 Å². The molecule has 1 saturated heterocycles. The molecule has 1 fully saturated rings. The van der Waals surface area contributed by atoms with Crippen molar-refractivity contribution in [2.75, 3.05) is 24.7 Å². The number of benzene rings is 1. The summed E-state index contributed by atoms with van der Waals surface area (Å²) >= 11 is 1.29. The van der Waals surface area contributed by atoms with Gasteiger partial charge in [-0.05, 0) is 42.7 Å². The molecule has 8 heteroatoms. The van der Waals surface area contributed by atoms with E-state index in [0.717, 1.165) is 29.0 Å². The van der Waals surface area contributed by atoms with E-state index in [0.29, 0.717) is 30.9 Å². The van der Waals surface area contributed by atoms with Crippen molar-refractivity contribution in [2.45, 2.75) is 51.4 Å². The molecule has 2 atom stereocenters. The molecule has 1 amide bonds. The Balaban J connectivity index is 1.55. The van der Waals surface area contributed by atoms with Gasteiger partial charge in [0.05, 0.1) is 32.0 Å². The van der Waals surface area contributed by atoms with Crippen molar-refractivity contribution in [1.82, 2.24) is 0 Å². The number of rotatable bonds is 11. The number of anilines is 1. The lowest BCUT2D eigenvalue weighted by molar-refractivity contribution is -0.117. The molecule has 0 radical (unpaired) electrons. The molecule has 2 N–H and O–H groups in total. The van der Waals surface area contributed by atoms with Gasteiger partial charge in [0.15, 0.2) is 0 Å². The summed E-state index contributed by atoms with van der Waals surface area (Å²) in [5, 5.41) is 18.9. The fraction of sp³-hybridized carbons (Fsp3) is 0.478. The average Bonchev–Trinajstić information content (AvgIpc) is 3.39. The van der Waals surface area contributed by atoms with Crippen LogP contribution in [0.3, 0.4) is 0 Å². The molecule has 168 valence electrons. The highest BCUT2D eigenvalue weighted by atomic mass is 32.1. The van der Waals surface area contributed by atoms with Gasteiger partial charge in [0.1, 0.15) is 11.5 Å². The summed E-state index contributed by atoms with van der Waals surface area (Å²) in [6.45, 7) is 2.55. The molecule has 2 aromatic rings. The van der Waals surface area contributed by atoms with Gasteiger partial charge < -0.3 is 24.6 Å². The number of esters is 1. The van der Waals surface area contributed by atoms with Gasteiger partial charge in [-0.2, -0.15) is 0 Å². The van der Waals surface area contributed by atoms with E-state index >= 15 is 0 Å². The quantitative estimate of drug-likeness (QED) is 0.512. The second-order valence-electron chi connectivity index (χ2n) is 7.49. The van der Waals surface area contributed by atoms with Crippen LogP contribution in [0.4, 0.5) is 5.69 Å². The predicted molar refractivity (Wildman–Crippen MR) is 118 cm³/mol. The van der Waals surface area contributed by atoms with Crippen molar-refractivity contribution in [3.8, 4) is 0 Å². The summed E-state index contributed by atoms with van der Waals surface area (Å²) in [5.74, 6) is -0.383. The third-order valence-corrected chi connectivity index (χ3v) is 6.22. The molecule has 2 heterocycles. The van der Waals surface area contributed by atoms with Crippen LogP contribution in [0.15, 0.2) is 36.4 Å². The Morgan fingerprint density at radius 3 is 2.74 bits per heavy atom. The molecule has 31 heavy (non-hydrogen) atoms. The van der Waals surface area contributed by atoms with Crippen molar-refractivity contribution in [1.29, 1.82) is 0 Å². The monoisotopic (exact) mass is 447 g/mol. The van der Waals surface area contributed by atoms with Crippen LogP contribution in [0.1, 0.15) is 58.8 Å². The molecular weight excluding hydrogens is 418 g/mol. The van der Waals surface area contributed by atoms with Gasteiger partial charge in [-0.15, -0.1) is 11.3 Å². The van der Waals surface area contributed by atoms with Crippen LogP contribution in [0.5, 0.6) is 0 Å². The zero-order valence-corrected chi connectivity index (χ0v) is 18.5. The summed E-state index contributed by atoms with van der Waals surface area (Å²) in [4.78, 5) is 27.4. The fourth-order valence-corrected chi connectivity index (χ4v) is 4.46. The zero-order chi connectivity index (χ0) is 22.2. The molecule has 0 saturated carbocycles. The third kappa shape index (κ3) is 6.13. The Morgan fingerprint density at radius 1 is 1.26 bits per heavy atom. The highest BCUT2D eigenvalue weighted by Crippen LogP contribution is 2.29. The van der Waals surface area contributed by atoms with E-state index in [4.69, 9.17) is 14.6 Å². The topological polar surface area (TPSA) is 96.3 Å². The SMILES string of the molecule is CCCC(O)c1ccc(N2C(=O)CC[C@@H]2COCc2ccc(C(=O)OCCO)s2)cc1. The molecule has 3 rings (SSSR count). The highest BCUT2D eigenvalue weighted by Gasteiger charge is 2.32. The number of aliphatic hydroxyl groups excluding tert-OH is 2. The average molecular weight is 448 g/mol. The molecule has 1 aromatic carbocycles. The van der Waals surface area contributed by atoms with Gasteiger partial charge in [-0.25, -0.2) is 4.79 Å². The van der Waals surface area contributed by atoms with Crippen molar-refractivity contribution < 1.29 is 29.3 Å². The second kappa shape index (κ2) is 11.4. The minimum Gasteiger partial charge on any atom is -0.459 e. The number of nitrogens with zero attached hydrogens (tertiary/aromatic N) is 1. The Hall–Kier alpha value is -2.26. The predicted octanol–water partition coefficient (Wildman–Crippen LogP) is 3.44. The summed E-state index contributed by atoms with van der Waals surface area (Å²) in [5.41, 5.74) is 1.67. The lowest BCUT2D eigenvalue weighted by Gasteiger charge is -2.25. The van der Waals surface area contributed by atoms with E-state index in [1.54, 1.807) is 11.0 Å². The zero-order valence-electron chi connectivity index (χ0n) is 17.7. The van der Waals surface area contributed by atoms with Crippen molar-refractivity contribution in [3.63, 3.8) is 0 Å². The van der Waals surface area contributed by atoms with E-state index in [1.807, 2.05) is 37.3 Å². The maximum absolute atomic E-state index is 12.5. The standard InChI is InChI=1S/C23H29NO6S/c1-2-3-20(26)16-4-6-17(7-5-16)24-18(8-11-22(24)27)14-29-15-19-9-10-21(31-19)23(28)30-13-12-25/h4-7,9-10,18,20,25-26H,2-3,8,11-15H2,1H3/t18-,20?/m1/s1. The number of hydrogen-bond donors (Lipinski definition) is 2. The van der Waals surface area contributed by atoms with Gasteiger partial charge >= 0.3 is 5.97 Å². The first kappa shape index (κ1) is 23.4. The lowest BCUT2D eigenvalue weighted by atomic mass is 10.0. The van der Waals surface area contributed by atoms with E-state index in [-0.39, 0.29) is 25.2 Å². The minimum atomic E-state index is -0.482. The number of carbonyl (C=O) groups excluding carboxylic acids is 2. The molecule has 0 spiro atoms. The Morgan fingerprint density at radius 2 is 2.03 bits per heavy atom. The number of carbonyl (C=O) groups is 2. The molecular formula is C23H29NO6S. The van der Waals surface area contributed by atoms with E-state index in [1.165, 1.54) is 11.3 Å². The molecule has 7 nitrogen and oxygen atoms in total. The van der Waals surface area contributed by atoms with Gasteiger partial charge in [-0.1, -0.05) is 25.5 Å². The molecule has 1 unspecified atom stereocenters. The van der Waals surface area contributed by atoms with Gasteiger partial charge in [-0.3, -0.25) is 4.79 Å². The van der Waals surface area contributed by atoms with Crippen LogP contribution in [0.2, 0.25) is 0 Å². The second-order valence-corrected chi connectivity index (χ2v) is 8.66. The molecule has 0 aliphatic carbocycles. The van der Waals surface area contributed by atoms with Crippen molar-refractivity contribution in [3.05, 3.63) is 51.7 Å². The van der Waals surface area contributed by atoms with Crippen LogP contribution < -0.4 is 4.90 Å². The number of thiophene rings is 1. The smallest absolute Gasteiger partial charge is 0.348 e. The maximum atomic E-state index is 12.5. The number of hydrogen-bond acceptors (Lipinski definition) is 7.